The number of hydrogen-bond acceptors (Lipinski definition) is 3. The molecule has 0 aromatic rings. The van der Waals surface area contributed by atoms with Crippen molar-refractivity contribution in [3.63, 3.8) is 0 Å². The van der Waals surface area contributed by atoms with Crippen molar-refractivity contribution in [2.24, 2.45) is 5.73 Å². The molecule has 3 nitrogen and oxygen atoms in total. The third-order valence-electron chi connectivity index (χ3n) is 3.16. The SMILES string of the molecule is CCC1(C)CC(NCCCN)CCO1. The van der Waals surface area contributed by atoms with Gasteiger partial charge in [-0.3, -0.25) is 0 Å². The Labute approximate surface area is 87.4 Å². The van der Waals surface area contributed by atoms with E-state index in [1.807, 2.05) is 0 Å². The fourth-order valence-electron chi connectivity index (χ4n) is 1.96. The van der Waals surface area contributed by atoms with E-state index in [9.17, 15) is 0 Å². The van der Waals surface area contributed by atoms with E-state index in [1.165, 1.54) is 0 Å². The molecule has 1 aliphatic heterocycles. The Kier molecular flexibility index (Phi) is 4.85. The van der Waals surface area contributed by atoms with E-state index < -0.39 is 0 Å². The van der Waals surface area contributed by atoms with Crippen LogP contribution < -0.4 is 11.1 Å². The molecule has 0 radical (unpaired) electrons. The molecule has 0 aromatic carbocycles. The summed E-state index contributed by atoms with van der Waals surface area (Å²) in [6.07, 6.45) is 4.44. The molecular formula is C11H24N2O. The molecule has 3 heteroatoms. The summed E-state index contributed by atoms with van der Waals surface area (Å²) in [5, 5.41) is 3.55. The van der Waals surface area contributed by atoms with E-state index in [2.05, 4.69) is 19.2 Å². The van der Waals surface area contributed by atoms with E-state index in [1.54, 1.807) is 0 Å². The number of rotatable bonds is 5. The van der Waals surface area contributed by atoms with Crippen molar-refractivity contribution in [3.8, 4) is 0 Å². The second-order valence-corrected chi connectivity index (χ2v) is 4.44. The molecule has 2 atom stereocenters. The average Bonchev–Trinajstić information content (AvgIpc) is 2.19. The van der Waals surface area contributed by atoms with E-state index in [4.69, 9.17) is 10.5 Å². The highest BCUT2D eigenvalue weighted by Crippen LogP contribution is 2.27. The lowest BCUT2D eigenvalue weighted by Gasteiger charge is -2.38. The van der Waals surface area contributed by atoms with Gasteiger partial charge in [0.05, 0.1) is 5.60 Å². The largest absolute Gasteiger partial charge is 0.375 e. The lowest BCUT2D eigenvalue weighted by Crippen LogP contribution is -2.45. The Bertz CT molecular complexity index is 163. The summed E-state index contributed by atoms with van der Waals surface area (Å²) < 4.78 is 5.79. The van der Waals surface area contributed by atoms with Crippen LogP contribution in [0.3, 0.4) is 0 Å². The van der Waals surface area contributed by atoms with Gasteiger partial charge in [0.15, 0.2) is 0 Å². The van der Waals surface area contributed by atoms with Gasteiger partial charge in [-0.2, -0.15) is 0 Å². The van der Waals surface area contributed by atoms with Gasteiger partial charge in [-0.1, -0.05) is 6.92 Å². The van der Waals surface area contributed by atoms with Crippen molar-refractivity contribution in [1.29, 1.82) is 0 Å². The van der Waals surface area contributed by atoms with Crippen LogP contribution in [0.25, 0.3) is 0 Å². The molecule has 1 heterocycles. The molecule has 0 saturated carbocycles. The predicted molar refractivity (Wildman–Crippen MR) is 59.3 cm³/mol. The van der Waals surface area contributed by atoms with Crippen LogP contribution in [0.5, 0.6) is 0 Å². The average molecular weight is 200 g/mol. The van der Waals surface area contributed by atoms with Gasteiger partial charge in [0.2, 0.25) is 0 Å². The zero-order valence-corrected chi connectivity index (χ0v) is 9.51. The normalized spacial score (nSPS) is 33.2. The van der Waals surface area contributed by atoms with Crippen molar-refractivity contribution in [2.45, 2.75) is 51.2 Å². The molecule has 0 bridgehead atoms. The quantitative estimate of drug-likeness (QED) is 0.657. The van der Waals surface area contributed by atoms with E-state index >= 15 is 0 Å². The molecule has 0 spiro atoms. The minimum Gasteiger partial charge on any atom is -0.375 e. The van der Waals surface area contributed by atoms with Crippen LogP contribution in [-0.4, -0.2) is 31.3 Å². The zero-order valence-electron chi connectivity index (χ0n) is 9.51. The first-order valence-corrected chi connectivity index (χ1v) is 5.77. The highest BCUT2D eigenvalue weighted by atomic mass is 16.5. The summed E-state index contributed by atoms with van der Waals surface area (Å²) in [6.45, 7) is 7.12. The van der Waals surface area contributed by atoms with Gasteiger partial charge in [0.1, 0.15) is 0 Å². The fourth-order valence-corrected chi connectivity index (χ4v) is 1.96. The molecular weight excluding hydrogens is 176 g/mol. The first-order chi connectivity index (χ1) is 6.70. The lowest BCUT2D eigenvalue weighted by atomic mass is 9.90. The molecule has 1 aliphatic rings. The fraction of sp³-hybridized carbons (Fsp3) is 1.00. The van der Waals surface area contributed by atoms with Crippen LogP contribution in [0.4, 0.5) is 0 Å². The zero-order chi connectivity index (χ0) is 10.4. The summed E-state index contributed by atoms with van der Waals surface area (Å²) in [5.41, 5.74) is 5.55. The van der Waals surface area contributed by atoms with Gasteiger partial charge >= 0.3 is 0 Å². The molecule has 1 saturated heterocycles. The molecule has 0 aliphatic carbocycles. The molecule has 1 rings (SSSR count). The highest BCUT2D eigenvalue weighted by Gasteiger charge is 2.30. The maximum absolute atomic E-state index is 5.79. The first kappa shape index (κ1) is 12.0. The van der Waals surface area contributed by atoms with Crippen LogP contribution >= 0.6 is 0 Å². The third kappa shape index (κ3) is 3.56. The van der Waals surface area contributed by atoms with Crippen LogP contribution in [0.15, 0.2) is 0 Å². The van der Waals surface area contributed by atoms with Crippen molar-refractivity contribution in [2.75, 3.05) is 19.7 Å². The van der Waals surface area contributed by atoms with Gasteiger partial charge in [-0.25, -0.2) is 0 Å². The maximum Gasteiger partial charge on any atom is 0.0666 e. The number of nitrogens with one attached hydrogen (secondary N) is 1. The smallest absolute Gasteiger partial charge is 0.0666 e. The number of ether oxygens (including phenoxy) is 1. The minimum absolute atomic E-state index is 0.0959. The maximum atomic E-state index is 5.79. The molecule has 14 heavy (non-hydrogen) atoms. The van der Waals surface area contributed by atoms with Gasteiger partial charge in [-0.05, 0) is 45.7 Å². The molecule has 0 aromatic heterocycles. The Balaban J connectivity index is 2.25. The third-order valence-corrected chi connectivity index (χ3v) is 3.16. The van der Waals surface area contributed by atoms with E-state index in [0.717, 1.165) is 45.4 Å². The van der Waals surface area contributed by atoms with Crippen molar-refractivity contribution >= 4 is 0 Å². The van der Waals surface area contributed by atoms with Crippen molar-refractivity contribution in [1.82, 2.24) is 5.32 Å². The molecule has 84 valence electrons. The summed E-state index contributed by atoms with van der Waals surface area (Å²) in [4.78, 5) is 0. The van der Waals surface area contributed by atoms with Gasteiger partial charge < -0.3 is 15.8 Å². The molecule has 3 N–H and O–H groups in total. The second kappa shape index (κ2) is 5.69. The topological polar surface area (TPSA) is 47.3 Å². The first-order valence-electron chi connectivity index (χ1n) is 5.77. The summed E-state index contributed by atoms with van der Waals surface area (Å²) in [6, 6.07) is 0.625. The van der Waals surface area contributed by atoms with Crippen LogP contribution in [0, 0.1) is 0 Å². The van der Waals surface area contributed by atoms with Crippen LogP contribution in [0.2, 0.25) is 0 Å². The summed E-state index contributed by atoms with van der Waals surface area (Å²) in [7, 11) is 0. The Morgan fingerprint density at radius 2 is 2.36 bits per heavy atom. The number of nitrogens with two attached hydrogens (primary N) is 1. The standard InChI is InChI=1S/C11H24N2O/c1-3-11(2)9-10(5-8-14-11)13-7-4-6-12/h10,13H,3-9,12H2,1-2H3. The van der Waals surface area contributed by atoms with Gasteiger partial charge in [0.25, 0.3) is 0 Å². The highest BCUT2D eigenvalue weighted by molar-refractivity contribution is 4.85. The van der Waals surface area contributed by atoms with E-state index in [0.29, 0.717) is 6.04 Å². The lowest BCUT2D eigenvalue weighted by molar-refractivity contribution is -0.0778. The molecule has 0 amide bonds. The summed E-state index contributed by atoms with van der Waals surface area (Å²) >= 11 is 0. The predicted octanol–water partition coefficient (Wildman–Crippen LogP) is 1.27. The molecule has 2 unspecified atom stereocenters. The van der Waals surface area contributed by atoms with Crippen LogP contribution in [-0.2, 0) is 4.74 Å². The molecule has 1 fully saturated rings. The van der Waals surface area contributed by atoms with Crippen LogP contribution in [0.1, 0.15) is 39.5 Å². The monoisotopic (exact) mass is 200 g/mol. The summed E-state index contributed by atoms with van der Waals surface area (Å²) in [5.74, 6) is 0. The van der Waals surface area contributed by atoms with Crippen molar-refractivity contribution in [3.05, 3.63) is 0 Å². The number of hydrogen-bond donors (Lipinski definition) is 2. The Morgan fingerprint density at radius 1 is 1.57 bits per heavy atom. The van der Waals surface area contributed by atoms with Gasteiger partial charge in [0, 0.05) is 12.6 Å². The van der Waals surface area contributed by atoms with Gasteiger partial charge in [-0.15, -0.1) is 0 Å². The Hall–Kier alpha value is -0.120. The second-order valence-electron chi connectivity index (χ2n) is 4.44. The Morgan fingerprint density at radius 3 is 3.00 bits per heavy atom. The van der Waals surface area contributed by atoms with E-state index in [-0.39, 0.29) is 5.60 Å². The van der Waals surface area contributed by atoms with Crippen molar-refractivity contribution < 1.29 is 4.74 Å². The minimum atomic E-state index is 0.0959.